The molecule has 4 nitrogen and oxygen atoms in total. The van der Waals surface area contributed by atoms with Crippen molar-refractivity contribution in [1.82, 2.24) is 0 Å². The van der Waals surface area contributed by atoms with Gasteiger partial charge in [0.25, 0.3) is 9.05 Å². The Kier molecular flexibility index (Phi) is 4.54. The van der Waals surface area contributed by atoms with Crippen LogP contribution < -0.4 is 4.74 Å². The number of hydrogen-bond donors (Lipinski definition) is 0. The fourth-order valence-corrected chi connectivity index (χ4v) is 2.44. The van der Waals surface area contributed by atoms with Crippen molar-refractivity contribution in [2.24, 2.45) is 0 Å². The Labute approximate surface area is 105 Å². The lowest BCUT2D eigenvalue weighted by molar-refractivity contribution is -0.116. The Bertz CT molecular complexity index is 522. The molecule has 1 rings (SSSR count). The van der Waals surface area contributed by atoms with Crippen LogP contribution in [-0.2, 0) is 20.3 Å². The average Bonchev–Trinajstić information content (AvgIpc) is 2.18. The number of benzene rings is 1. The maximum absolute atomic E-state index is 11.4. The zero-order valence-corrected chi connectivity index (χ0v) is 11.1. The SMILES string of the molecule is CCOc1ccc(CC(C)=O)cc1S(=O)(=O)Cl. The monoisotopic (exact) mass is 276 g/mol. The van der Waals surface area contributed by atoms with Crippen molar-refractivity contribution in [3.8, 4) is 5.75 Å². The van der Waals surface area contributed by atoms with E-state index < -0.39 is 9.05 Å². The highest BCUT2D eigenvalue weighted by molar-refractivity contribution is 8.13. The molecule has 1 aromatic rings. The van der Waals surface area contributed by atoms with E-state index in [2.05, 4.69) is 0 Å². The summed E-state index contributed by atoms with van der Waals surface area (Å²) in [5.41, 5.74) is 0.597. The Morgan fingerprint density at radius 3 is 2.53 bits per heavy atom. The highest BCUT2D eigenvalue weighted by Gasteiger charge is 2.17. The molecule has 0 atom stereocenters. The van der Waals surface area contributed by atoms with Crippen molar-refractivity contribution >= 4 is 25.5 Å². The summed E-state index contributed by atoms with van der Waals surface area (Å²) in [4.78, 5) is 10.9. The summed E-state index contributed by atoms with van der Waals surface area (Å²) in [6.07, 6.45) is 0.172. The molecular formula is C11H13ClO4S. The number of ether oxygens (including phenoxy) is 1. The second-order valence-electron chi connectivity index (χ2n) is 3.53. The van der Waals surface area contributed by atoms with Crippen molar-refractivity contribution in [1.29, 1.82) is 0 Å². The maximum atomic E-state index is 11.4. The third-order valence-corrected chi connectivity index (χ3v) is 3.37. The van der Waals surface area contributed by atoms with Gasteiger partial charge in [-0.25, -0.2) is 8.42 Å². The standard InChI is InChI=1S/C11H13ClO4S/c1-3-16-10-5-4-9(6-8(2)13)7-11(10)17(12,14)15/h4-5,7H,3,6H2,1-2H3. The van der Waals surface area contributed by atoms with Gasteiger partial charge in [0.05, 0.1) is 6.61 Å². The molecule has 0 aliphatic carbocycles. The first kappa shape index (κ1) is 14.0. The topological polar surface area (TPSA) is 60.4 Å². The minimum atomic E-state index is -3.88. The van der Waals surface area contributed by atoms with E-state index in [9.17, 15) is 13.2 Å². The highest BCUT2D eigenvalue weighted by Crippen LogP contribution is 2.28. The minimum Gasteiger partial charge on any atom is -0.492 e. The van der Waals surface area contributed by atoms with Crippen molar-refractivity contribution in [2.45, 2.75) is 25.2 Å². The molecule has 0 saturated carbocycles. The summed E-state index contributed by atoms with van der Waals surface area (Å²) < 4.78 is 27.9. The molecule has 17 heavy (non-hydrogen) atoms. The van der Waals surface area contributed by atoms with Gasteiger partial charge in [0, 0.05) is 17.1 Å². The molecule has 0 aliphatic heterocycles. The van der Waals surface area contributed by atoms with Crippen LogP contribution in [-0.4, -0.2) is 20.8 Å². The molecule has 0 bridgehead atoms. The smallest absolute Gasteiger partial charge is 0.264 e. The third-order valence-electron chi connectivity index (χ3n) is 2.02. The quantitative estimate of drug-likeness (QED) is 0.773. The van der Waals surface area contributed by atoms with Gasteiger partial charge in [0.15, 0.2) is 0 Å². The lowest BCUT2D eigenvalue weighted by Crippen LogP contribution is -2.02. The van der Waals surface area contributed by atoms with Crippen LogP contribution in [0.25, 0.3) is 0 Å². The van der Waals surface area contributed by atoms with Crippen molar-refractivity contribution < 1.29 is 17.9 Å². The summed E-state index contributed by atoms with van der Waals surface area (Å²) in [6.45, 7) is 3.52. The first-order valence-electron chi connectivity index (χ1n) is 5.04. The minimum absolute atomic E-state index is 0.0490. The molecule has 0 fully saturated rings. The summed E-state index contributed by atoms with van der Waals surface area (Å²) in [6, 6.07) is 4.53. The number of carbonyl (C=O) groups is 1. The Hall–Kier alpha value is -1.07. The molecule has 6 heteroatoms. The Morgan fingerprint density at radius 2 is 2.06 bits per heavy atom. The number of ketones is 1. The van der Waals surface area contributed by atoms with Crippen LogP contribution in [0.4, 0.5) is 0 Å². The average molecular weight is 277 g/mol. The third kappa shape index (κ3) is 4.02. The number of rotatable bonds is 5. The van der Waals surface area contributed by atoms with E-state index >= 15 is 0 Å². The molecule has 0 N–H and O–H groups in total. The van der Waals surface area contributed by atoms with Gasteiger partial charge < -0.3 is 4.74 Å². The normalized spacial score (nSPS) is 11.2. The van der Waals surface area contributed by atoms with Crippen LogP contribution in [0.5, 0.6) is 5.75 Å². The van der Waals surface area contributed by atoms with Crippen LogP contribution in [0.3, 0.4) is 0 Å². The molecule has 0 heterocycles. The molecule has 94 valence electrons. The van der Waals surface area contributed by atoms with Crippen LogP contribution in [0.2, 0.25) is 0 Å². The highest BCUT2D eigenvalue weighted by atomic mass is 35.7. The van der Waals surface area contributed by atoms with Gasteiger partial charge >= 0.3 is 0 Å². The van der Waals surface area contributed by atoms with Gasteiger partial charge in [-0.2, -0.15) is 0 Å². The van der Waals surface area contributed by atoms with E-state index in [1.165, 1.54) is 19.1 Å². The first-order chi connectivity index (χ1) is 7.84. The molecule has 0 radical (unpaired) electrons. The molecule has 0 spiro atoms. The first-order valence-corrected chi connectivity index (χ1v) is 7.35. The summed E-state index contributed by atoms with van der Waals surface area (Å²) in [5, 5.41) is 0. The molecular weight excluding hydrogens is 264 g/mol. The van der Waals surface area contributed by atoms with Gasteiger partial charge in [0.2, 0.25) is 0 Å². The van der Waals surface area contributed by atoms with Crippen LogP contribution >= 0.6 is 10.7 Å². The van der Waals surface area contributed by atoms with Gasteiger partial charge in [-0.15, -0.1) is 0 Å². The summed E-state index contributed by atoms with van der Waals surface area (Å²) in [5.74, 6) is 0.155. The number of halogens is 1. The lowest BCUT2D eigenvalue weighted by atomic mass is 10.1. The predicted molar refractivity (Wildman–Crippen MR) is 65.0 cm³/mol. The largest absolute Gasteiger partial charge is 0.492 e. The van der Waals surface area contributed by atoms with E-state index in [0.717, 1.165) is 0 Å². The Morgan fingerprint density at radius 1 is 1.41 bits per heavy atom. The lowest BCUT2D eigenvalue weighted by Gasteiger charge is -2.09. The fraction of sp³-hybridized carbons (Fsp3) is 0.364. The second kappa shape index (κ2) is 5.51. The number of hydrogen-bond acceptors (Lipinski definition) is 4. The van der Waals surface area contributed by atoms with Crippen molar-refractivity contribution in [2.75, 3.05) is 6.61 Å². The molecule has 0 amide bonds. The molecule has 0 unspecified atom stereocenters. The van der Waals surface area contributed by atoms with E-state index in [1.807, 2.05) is 0 Å². The van der Waals surface area contributed by atoms with Crippen molar-refractivity contribution in [3.05, 3.63) is 23.8 Å². The van der Waals surface area contributed by atoms with Crippen LogP contribution in [0.1, 0.15) is 19.4 Å². The summed E-state index contributed by atoms with van der Waals surface area (Å²) in [7, 11) is 1.44. The fourth-order valence-electron chi connectivity index (χ4n) is 1.42. The van der Waals surface area contributed by atoms with Gasteiger partial charge in [-0.1, -0.05) is 6.07 Å². The molecule has 1 aromatic carbocycles. The van der Waals surface area contributed by atoms with Gasteiger partial charge in [0.1, 0.15) is 16.4 Å². The molecule has 0 aromatic heterocycles. The zero-order valence-electron chi connectivity index (χ0n) is 9.57. The van der Waals surface area contributed by atoms with E-state index in [-0.39, 0.29) is 22.8 Å². The molecule has 0 saturated heterocycles. The van der Waals surface area contributed by atoms with Crippen molar-refractivity contribution in [3.63, 3.8) is 0 Å². The number of Topliss-reactive ketones (excluding diaryl/α,β-unsaturated/α-hetero) is 1. The number of carbonyl (C=O) groups excluding carboxylic acids is 1. The second-order valence-corrected chi connectivity index (χ2v) is 6.07. The molecule has 0 aliphatic rings. The van der Waals surface area contributed by atoms with Gasteiger partial charge in [-0.05, 0) is 31.5 Å². The Balaban J connectivity index is 3.24. The maximum Gasteiger partial charge on any atom is 0.264 e. The van der Waals surface area contributed by atoms with Crippen LogP contribution in [0, 0.1) is 0 Å². The van der Waals surface area contributed by atoms with E-state index in [0.29, 0.717) is 12.2 Å². The van der Waals surface area contributed by atoms with E-state index in [4.69, 9.17) is 15.4 Å². The summed E-state index contributed by atoms with van der Waals surface area (Å²) >= 11 is 0. The zero-order chi connectivity index (χ0) is 13.1. The van der Waals surface area contributed by atoms with Gasteiger partial charge in [-0.3, -0.25) is 4.79 Å². The van der Waals surface area contributed by atoms with E-state index in [1.54, 1.807) is 13.0 Å². The van der Waals surface area contributed by atoms with Crippen LogP contribution in [0.15, 0.2) is 23.1 Å². The predicted octanol–water partition coefficient (Wildman–Crippen LogP) is 2.14.